The van der Waals surface area contributed by atoms with Crippen molar-refractivity contribution in [1.29, 1.82) is 0 Å². The molecule has 0 saturated heterocycles. The fourth-order valence-electron chi connectivity index (χ4n) is 8.20. The molecule has 0 fully saturated rings. The van der Waals surface area contributed by atoms with E-state index in [1.54, 1.807) is 108 Å². The summed E-state index contributed by atoms with van der Waals surface area (Å²) in [6, 6.07) is 31.8. The number of anilines is 1. The van der Waals surface area contributed by atoms with Crippen molar-refractivity contribution in [3.63, 3.8) is 0 Å². The average Bonchev–Trinajstić information content (AvgIpc) is 3.67. The first-order valence-electron chi connectivity index (χ1n) is 25.5. The summed E-state index contributed by atoms with van der Waals surface area (Å²) in [6.07, 6.45) is 5.83. The number of pyridine rings is 6. The molecule has 0 radical (unpaired) electrons. The Kier molecular flexibility index (Phi) is 21.4. The predicted octanol–water partition coefficient (Wildman–Crippen LogP) is 10.5. The molecule has 9 aromatic rings. The van der Waals surface area contributed by atoms with Gasteiger partial charge in [0.25, 0.3) is 0 Å². The highest BCUT2D eigenvalue weighted by Crippen LogP contribution is 2.24. The van der Waals surface area contributed by atoms with Gasteiger partial charge in [0, 0.05) is 46.2 Å². The number of ether oxygens (including phenoxy) is 5. The third-order valence-corrected chi connectivity index (χ3v) is 12.9. The summed E-state index contributed by atoms with van der Waals surface area (Å²) in [4.78, 5) is 95.8. The highest BCUT2D eigenvalue weighted by atomic mass is 79.9. The molecule has 82 heavy (non-hydrogen) atoms. The molecule has 18 nitrogen and oxygen atoms in total. The van der Waals surface area contributed by atoms with Crippen molar-refractivity contribution in [3.8, 4) is 17.2 Å². The van der Waals surface area contributed by atoms with Crippen LogP contribution in [0.25, 0.3) is 22.1 Å². The maximum Gasteiger partial charge on any atom is 0.345 e. The molecular formula is C63H62BrN7O11. The lowest BCUT2D eigenvalue weighted by Gasteiger charge is -2.13. The highest BCUT2D eigenvalue weighted by Gasteiger charge is 2.23. The second-order valence-corrected chi connectivity index (χ2v) is 19.2. The summed E-state index contributed by atoms with van der Waals surface area (Å²) >= 11 is 3.39. The molecule has 19 heteroatoms. The molecule has 3 aromatic carbocycles. The molecule has 6 aromatic heterocycles. The van der Waals surface area contributed by atoms with Crippen molar-refractivity contribution < 1.29 is 42.9 Å². The van der Waals surface area contributed by atoms with Gasteiger partial charge >= 0.3 is 5.97 Å². The molecule has 0 spiro atoms. The zero-order chi connectivity index (χ0) is 59.8. The molecule has 3 N–H and O–H groups in total. The molecule has 0 aliphatic heterocycles. The smallest absolute Gasteiger partial charge is 0.345 e. The molecule has 422 valence electrons. The van der Waals surface area contributed by atoms with E-state index < -0.39 is 11.8 Å². The Morgan fingerprint density at radius 1 is 0.634 bits per heavy atom. The lowest BCUT2D eigenvalue weighted by Crippen LogP contribution is -2.21. The zero-order valence-electron chi connectivity index (χ0n) is 47.3. The number of nitrogens with one attached hydrogen (secondary N) is 1. The number of carbonyl (C=O) groups is 4. The number of fused-ring (bicyclic) bond motifs is 2. The van der Waals surface area contributed by atoms with Gasteiger partial charge < -0.3 is 39.0 Å². The van der Waals surface area contributed by atoms with E-state index in [1.165, 1.54) is 13.3 Å². The van der Waals surface area contributed by atoms with Crippen LogP contribution in [-0.2, 0) is 20.8 Å². The molecule has 0 unspecified atom stereocenters. The van der Waals surface area contributed by atoms with E-state index >= 15 is 0 Å². The fraction of sp³-hybridized carbons (Fsp3) is 0.206. The van der Waals surface area contributed by atoms with Gasteiger partial charge in [-0.15, -0.1) is 0 Å². The SMILES string of the molecule is CCOC=C(C(=O)OC)C(=O)c1ccc(OC)c(C)c1.COc1ccc(C(=O)c2c[nH]c3ccc(C)nc3c2=O)cc1C.COc1ccc(C(=O)c2cn(Cc3cccc(Br)n3)c3ccc(C)nc3c2=O)cc1C.Cc1ccc(N)cn1. The Bertz CT molecular complexity index is 3970. The number of aryl methyl sites for hydroxylation is 6. The second kappa shape index (κ2) is 28.5. The van der Waals surface area contributed by atoms with Gasteiger partial charge in [-0.05, 0) is 184 Å². The Hall–Kier alpha value is -9.62. The molecule has 0 saturated carbocycles. The number of hydrogen-bond acceptors (Lipinski definition) is 16. The van der Waals surface area contributed by atoms with E-state index in [4.69, 9.17) is 24.7 Å². The van der Waals surface area contributed by atoms with Crippen molar-refractivity contribution in [2.45, 2.75) is 55.0 Å². The van der Waals surface area contributed by atoms with Crippen molar-refractivity contribution >= 4 is 67.0 Å². The third-order valence-electron chi connectivity index (χ3n) is 12.5. The van der Waals surface area contributed by atoms with Crippen LogP contribution >= 0.6 is 15.9 Å². The standard InChI is InChI=1S/C24H20BrN3O3.C18H16N2O3.C15H18O5.C6H8N2/c1-14-11-16(8-10-20(14)31-3)23(29)18-13-28(12-17-5-4-6-21(25)27-17)19-9-7-15(2)26-22(19)24(18)30;1-10-8-12(5-7-15(10)23-3)17(21)13-9-19-14-6-4-11(2)20-16(14)18(13)22;1-5-20-9-12(15(17)19-4)14(16)11-6-7-13(18-3)10(2)8-11;1-5-2-3-6(7)4-8-5/h4-11,13H,12H2,1-3H3;4-9H,1-3H3,(H,19,22);6-9H,5H2,1-4H3;2-4H,7H2,1H3. The molecule has 9 rings (SSSR count). The van der Waals surface area contributed by atoms with E-state index in [1.807, 2.05) is 87.7 Å². The van der Waals surface area contributed by atoms with Gasteiger partial charge in [-0.3, -0.25) is 29.0 Å². The molecule has 6 heterocycles. The van der Waals surface area contributed by atoms with Gasteiger partial charge in [-0.25, -0.2) is 19.7 Å². The Morgan fingerprint density at radius 3 is 1.70 bits per heavy atom. The lowest BCUT2D eigenvalue weighted by molar-refractivity contribution is -0.135. The summed E-state index contributed by atoms with van der Waals surface area (Å²) < 4.78 is 27.8. The normalized spacial score (nSPS) is 10.7. The molecular weight excluding hydrogens is 1110 g/mol. The van der Waals surface area contributed by atoms with Crippen LogP contribution in [0.4, 0.5) is 5.69 Å². The number of H-pyrrole nitrogens is 1. The summed E-state index contributed by atoms with van der Waals surface area (Å²) in [5.41, 5.74) is 14.1. The predicted molar refractivity (Wildman–Crippen MR) is 318 cm³/mol. The molecule has 0 atom stereocenters. The number of methoxy groups -OCH3 is 4. The zero-order valence-corrected chi connectivity index (χ0v) is 48.9. The van der Waals surface area contributed by atoms with Crippen LogP contribution in [0.5, 0.6) is 17.2 Å². The van der Waals surface area contributed by atoms with Crippen LogP contribution in [0.2, 0.25) is 0 Å². The maximum atomic E-state index is 13.3. The first kappa shape index (κ1) is 61.6. The van der Waals surface area contributed by atoms with Crippen LogP contribution < -0.4 is 30.8 Å². The first-order valence-corrected chi connectivity index (χ1v) is 26.3. The Balaban J connectivity index is 0.000000189. The number of nitrogen functional groups attached to an aromatic ring is 1. The Labute approximate surface area is 482 Å². The van der Waals surface area contributed by atoms with Crippen LogP contribution in [0.1, 0.15) is 88.6 Å². The highest BCUT2D eigenvalue weighted by molar-refractivity contribution is 9.10. The summed E-state index contributed by atoms with van der Waals surface area (Å²) in [7, 11) is 5.93. The number of nitrogens with zero attached hydrogens (tertiary/aromatic N) is 5. The minimum absolute atomic E-state index is 0.0742. The number of rotatable bonds is 14. The minimum Gasteiger partial charge on any atom is -0.500 e. The topological polar surface area (TPSA) is 247 Å². The van der Waals surface area contributed by atoms with Gasteiger partial charge in [0.05, 0.1) is 81.3 Å². The fourth-order valence-corrected chi connectivity index (χ4v) is 8.58. The number of Topliss-reactive ketones (excluding diaryl/α,β-unsaturated/α-hetero) is 1. The van der Waals surface area contributed by atoms with Crippen molar-refractivity contribution in [2.24, 2.45) is 0 Å². The van der Waals surface area contributed by atoms with E-state index in [9.17, 15) is 28.8 Å². The van der Waals surface area contributed by atoms with Crippen molar-refractivity contribution in [1.82, 2.24) is 29.5 Å². The van der Waals surface area contributed by atoms with Gasteiger partial charge in [0.2, 0.25) is 16.6 Å². The number of aromatic amines is 1. The van der Waals surface area contributed by atoms with E-state index in [2.05, 4.69) is 45.6 Å². The monoisotopic (exact) mass is 1170 g/mol. The Morgan fingerprint density at radius 2 is 1.17 bits per heavy atom. The number of nitrogens with two attached hydrogens (primary N) is 1. The summed E-state index contributed by atoms with van der Waals surface area (Å²) in [5, 5.41) is 0. The minimum atomic E-state index is -0.725. The number of hydrogen-bond donors (Lipinski definition) is 2. The average molecular weight is 1170 g/mol. The molecule has 0 aliphatic carbocycles. The van der Waals surface area contributed by atoms with E-state index in [0.29, 0.717) is 68.4 Å². The van der Waals surface area contributed by atoms with Crippen molar-refractivity contribution in [3.05, 3.63) is 232 Å². The van der Waals surface area contributed by atoms with Crippen LogP contribution in [0.15, 0.2) is 154 Å². The van der Waals surface area contributed by atoms with Gasteiger partial charge in [-0.2, -0.15) is 0 Å². The van der Waals surface area contributed by atoms with Crippen LogP contribution in [0, 0.1) is 41.5 Å². The number of esters is 1. The maximum absolute atomic E-state index is 13.3. The van der Waals surface area contributed by atoms with Crippen LogP contribution in [-0.4, -0.2) is 87.9 Å². The number of ketones is 3. The number of benzene rings is 3. The van der Waals surface area contributed by atoms with Gasteiger partial charge in [0.1, 0.15) is 44.7 Å². The second-order valence-electron chi connectivity index (χ2n) is 18.4. The number of aromatic nitrogens is 6. The van der Waals surface area contributed by atoms with Crippen molar-refractivity contribution in [2.75, 3.05) is 40.8 Å². The molecule has 0 amide bonds. The lowest BCUT2D eigenvalue weighted by atomic mass is 10.0. The summed E-state index contributed by atoms with van der Waals surface area (Å²) in [6.45, 7) is 13.6. The number of halogens is 1. The third kappa shape index (κ3) is 15.4. The largest absolute Gasteiger partial charge is 0.500 e. The molecule has 0 bridgehead atoms. The molecule has 0 aliphatic rings. The first-order chi connectivity index (χ1) is 39.2. The number of carbonyl (C=O) groups excluding carboxylic acids is 4. The quantitative estimate of drug-likeness (QED) is 0.0195. The summed E-state index contributed by atoms with van der Waals surface area (Å²) in [5.74, 6) is 0.207. The van der Waals surface area contributed by atoms with E-state index in [0.717, 1.165) is 45.7 Å². The van der Waals surface area contributed by atoms with Gasteiger partial charge in [0.15, 0.2) is 11.6 Å². The van der Waals surface area contributed by atoms with Crippen LogP contribution in [0.3, 0.4) is 0 Å². The van der Waals surface area contributed by atoms with Gasteiger partial charge in [-0.1, -0.05) is 6.07 Å². The van der Waals surface area contributed by atoms with E-state index in [-0.39, 0.29) is 50.2 Å².